The van der Waals surface area contributed by atoms with Crippen molar-refractivity contribution in [1.82, 2.24) is 15.5 Å². The van der Waals surface area contributed by atoms with Crippen LogP contribution in [0.4, 0.5) is 0 Å². The minimum Gasteiger partial charge on any atom is -0.379 e. The number of nitrogens with one attached hydrogen (secondary N) is 2. The number of guanidine groups is 1. The van der Waals surface area contributed by atoms with Crippen molar-refractivity contribution >= 4 is 5.96 Å². The Bertz CT molecular complexity index is 575. The molecule has 138 valence electrons. The third kappa shape index (κ3) is 4.53. The smallest absolute Gasteiger partial charge is 0.191 e. The average molecular weight is 345 g/mol. The Hall–Kier alpha value is -1.59. The molecule has 0 spiro atoms. The van der Waals surface area contributed by atoms with E-state index in [0.29, 0.717) is 5.41 Å². The molecule has 1 aliphatic heterocycles. The van der Waals surface area contributed by atoms with Crippen molar-refractivity contribution in [2.75, 3.05) is 46.4 Å². The first-order chi connectivity index (χ1) is 12.1. The highest BCUT2D eigenvalue weighted by atomic mass is 16.5. The fourth-order valence-electron chi connectivity index (χ4n) is 3.56. The van der Waals surface area contributed by atoms with E-state index in [-0.39, 0.29) is 5.54 Å². The van der Waals surface area contributed by atoms with Gasteiger partial charge in [0.2, 0.25) is 0 Å². The molecule has 2 fully saturated rings. The Kier molecular flexibility index (Phi) is 5.64. The van der Waals surface area contributed by atoms with Gasteiger partial charge in [-0.1, -0.05) is 30.3 Å². The summed E-state index contributed by atoms with van der Waals surface area (Å²) in [6, 6.07) is 10.8. The number of hydrogen-bond acceptors (Lipinski definition) is 3. The maximum atomic E-state index is 5.47. The van der Waals surface area contributed by atoms with Gasteiger partial charge in [-0.2, -0.15) is 0 Å². The van der Waals surface area contributed by atoms with Crippen LogP contribution in [0, 0.1) is 0 Å². The van der Waals surface area contributed by atoms with Gasteiger partial charge in [0, 0.05) is 44.2 Å². The molecule has 3 rings (SSSR count). The number of rotatable bonds is 6. The van der Waals surface area contributed by atoms with Gasteiger partial charge in [-0.15, -0.1) is 0 Å². The number of ether oxygens (including phenoxy) is 1. The fraction of sp³-hybridized carbons (Fsp3) is 0.650. The molecular formula is C20H32N4O. The van der Waals surface area contributed by atoms with E-state index < -0.39 is 0 Å². The molecule has 2 N–H and O–H groups in total. The van der Waals surface area contributed by atoms with Crippen LogP contribution in [-0.4, -0.2) is 62.8 Å². The quantitative estimate of drug-likeness (QED) is 0.612. The first kappa shape index (κ1) is 18.2. The predicted octanol–water partition coefficient (Wildman–Crippen LogP) is 1.99. The highest BCUT2D eigenvalue weighted by Gasteiger charge is 2.44. The Morgan fingerprint density at radius 1 is 1.16 bits per heavy atom. The number of aliphatic imine (C=N–C) groups is 1. The summed E-state index contributed by atoms with van der Waals surface area (Å²) in [6.45, 7) is 10.0. The van der Waals surface area contributed by atoms with Gasteiger partial charge in [-0.05, 0) is 32.3 Å². The Labute approximate surface area is 151 Å². The van der Waals surface area contributed by atoms with Crippen LogP contribution in [-0.2, 0) is 10.2 Å². The zero-order valence-electron chi connectivity index (χ0n) is 15.8. The van der Waals surface area contributed by atoms with Gasteiger partial charge in [-0.3, -0.25) is 9.89 Å². The Morgan fingerprint density at radius 3 is 2.44 bits per heavy atom. The third-order valence-electron chi connectivity index (χ3n) is 5.61. The van der Waals surface area contributed by atoms with E-state index in [1.54, 1.807) is 0 Å². The van der Waals surface area contributed by atoms with E-state index in [1.807, 2.05) is 7.05 Å². The van der Waals surface area contributed by atoms with Crippen molar-refractivity contribution in [3.63, 3.8) is 0 Å². The summed E-state index contributed by atoms with van der Waals surface area (Å²) < 4.78 is 5.47. The second-order valence-electron chi connectivity index (χ2n) is 7.84. The molecule has 1 aromatic rings. The van der Waals surface area contributed by atoms with Crippen LogP contribution in [0.3, 0.4) is 0 Å². The van der Waals surface area contributed by atoms with Gasteiger partial charge in [0.1, 0.15) is 0 Å². The van der Waals surface area contributed by atoms with E-state index in [2.05, 4.69) is 64.7 Å². The summed E-state index contributed by atoms with van der Waals surface area (Å²) in [7, 11) is 1.85. The normalized spacial score (nSPS) is 21.0. The molecule has 5 heteroatoms. The molecule has 0 radical (unpaired) electrons. The van der Waals surface area contributed by atoms with Crippen molar-refractivity contribution in [3.05, 3.63) is 35.9 Å². The first-order valence-corrected chi connectivity index (χ1v) is 9.39. The van der Waals surface area contributed by atoms with Crippen LogP contribution in [0.5, 0.6) is 0 Å². The lowest BCUT2D eigenvalue weighted by Crippen LogP contribution is -2.56. The summed E-state index contributed by atoms with van der Waals surface area (Å²) in [5, 5.41) is 7.06. The van der Waals surface area contributed by atoms with E-state index in [1.165, 1.54) is 18.4 Å². The summed E-state index contributed by atoms with van der Waals surface area (Å²) in [5.41, 5.74) is 1.81. The molecule has 2 aliphatic rings. The summed E-state index contributed by atoms with van der Waals surface area (Å²) >= 11 is 0. The van der Waals surface area contributed by atoms with E-state index >= 15 is 0 Å². The van der Waals surface area contributed by atoms with E-state index in [9.17, 15) is 0 Å². The number of nitrogens with zero attached hydrogens (tertiary/aromatic N) is 2. The van der Waals surface area contributed by atoms with Gasteiger partial charge >= 0.3 is 0 Å². The van der Waals surface area contributed by atoms with Crippen molar-refractivity contribution in [2.45, 2.75) is 37.6 Å². The molecule has 25 heavy (non-hydrogen) atoms. The zero-order chi connectivity index (χ0) is 17.8. The Morgan fingerprint density at radius 2 is 1.84 bits per heavy atom. The van der Waals surface area contributed by atoms with E-state index in [0.717, 1.165) is 45.4 Å². The van der Waals surface area contributed by atoms with Gasteiger partial charge < -0.3 is 15.4 Å². The molecule has 0 unspecified atom stereocenters. The number of benzene rings is 1. The van der Waals surface area contributed by atoms with Crippen LogP contribution in [0.15, 0.2) is 35.3 Å². The highest BCUT2D eigenvalue weighted by Crippen LogP contribution is 2.47. The monoisotopic (exact) mass is 344 g/mol. The molecule has 0 bridgehead atoms. The van der Waals surface area contributed by atoms with Crippen LogP contribution < -0.4 is 10.6 Å². The summed E-state index contributed by atoms with van der Waals surface area (Å²) in [4.78, 5) is 6.90. The standard InChI is InChI=1S/C20H32N4O/c1-19(2,24-11-13-25-14-12-24)15-22-18(21-3)23-16-20(9-10-20)17-7-5-4-6-8-17/h4-8H,9-16H2,1-3H3,(H2,21,22,23). The Balaban J connectivity index is 1.50. The maximum absolute atomic E-state index is 5.47. The van der Waals surface area contributed by atoms with Crippen LogP contribution in [0.2, 0.25) is 0 Å². The highest BCUT2D eigenvalue weighted by molar-refractivity contribution is 5.80. The van der Waals surface area contributed by atoms with Crippen LogP contribution in [0.25, 0.3) is 0 Å². The molecule has 1 saturated heterocycles. The molecule has 0 atom stereocenters. The van der Waals surface area contributed by atoms with Crippen molar-refractivity contribution in [2.24, 2.45) is 4.99 Å². The van der Waals surface area contributed by atoms with Gasteiger partial charge in [0.25, 0.3) is 0 Å². The number of hydrogen-bond donors (Lipinski definition) is 2. The molecular weight excluding hydrogens is 312 g/mol. The van der Waals surface area contributed by atoms with E-state index in [4.69, 9.17) is 4.74 Å². The second kappa shape index (κ2) is 7.75. The lowest BCUT2D eigenvalue weighted by molar-refractivity contribution is -0.00834. The average Bonchev–Trinajstić information content (AvgIpc) is 3.44. The fourth-order valence-corrected chi connectivity index (χ4v) is 3.56. The predicted molar refractivity (Wildman–Crippen MR) is 103 cm³/mol. The minimum absolute atomic E-state index is 0.0814. The molecule has 1 saturated carbocycles. The molecule has 1 aliphatic carbocycles. The molecule has 0 aromatic heterocycles. The third-order valence-corrected chi connectivity index (χ3v) is 5.61. The summed E-state index contributed by atoms with van der Waals surface area (Å²) in [6.07, 6.45) is 2.50. The largest absolute Gasteiger partial charge is 0.379 e. The zero-order valence-corrected chi connectivity index (χ0v) is 15.8. The molecule has 1 heterocycles. The second-order valence-corrected chi connectivity index (χ2v) is 7.84. The lowest BCUT2D eigenvalue weighted by Gasteiger charge is -2.41. The van der Waals surface area contributed by atoms with Crippen molar-refractivity contribution < 1.29 is 4.74 Å². The van der Waals surface area contributed by atoms with Crippen LogP contribution in [0.1, 0.15) is 32.3 Å². The SMILES string of the molecule is CN=C(NCC1(c2ccccc2)CC1)NCC(C)(C)N1CCOCC1. The maximum Gasteiger partial charge on any atom is 0.191 e. The number of morpholine rings is 1. The minimum atomic E-state index is 0.0814. The molecule has 1 aromatic carbocycles. The van der Waals surface area contributed by atoms with Gasteiger partial charge in [0.15, 0.2) is 5.96 Å². The summed E-state index contributed by atoms with van der Waals surface area (Å²) in [5.74, 6) is 0.892. The first-order valence-electron chi connectivity index (χ1n) is 9.39. The van der Waals surface area contributed by atoms with Gasteiger partial charge in [0.05, 0.1) is 13.2 Å². The lowest BCUT2D eigenvalue weighted by atomic mass is 9.96. The molecule has 5 nitrogen and oxygen atoms in total. The van der Waals surface area contributed by atoms with Crippen LogP contribution >= 0.6 is 0 Å². The van der Waals surface area contributed by atoms with Crippen molar-refractivity contribution in [1.29, 1.82) is 0 Å². The van der Waals surface area contributed by atoms with Gasteiger partial charge in [-0.25, -0.2) is 0 Å². The topological polar surface area (TPSA) is 48.9 Å². The van der Waals surface area contributed by atoms with Crippen molar-refractivity contribution in [3.8, 4) is 0 Å². The molecule has 0 amide bonds.